The maximum Gasteiger partial charge on any atom is 0.328 e. The molecule has 1 fully saturated rings. The number of benzene rings is 1. The van der Waals surface area contributed by atoms with E-state index in [2.05, 4.69) is 36.2 Å². The minimum atomic E-state index is -0.543. The van der Waals surface area contributed by atoms with Crippen LogP contribution in [0.1, 0.15) is 30.4 Å². The number of carbonyl (C=O) groups is 1. The molecule has 1 aliphatic rings. The van der Waals surface area contributed by atoms with Crippen molar-refractivity contribution < 1.29 is 4.79 Å². The van der Waals surface area contributed by atoms with Gasteiger partial charge in [0, 0.05) is 25.4 Å². The largest absolute Gasteiger partial charge is 0.341 e. The summed E-state index contributed by atoms with van der Waals surface area (Å²) in [6, 6.07) is 9.93. The van der Waals surface area contributed by atoms with Crippen LogP contribution < -0.4 is 11.2 Å². The molecule has 0 saturated carbocycles. The monoisotopic (exact) mass is 355 g/mol. The van der Waals surface area contributed by atoms with Crippen LogP contribution in [0.3, 0.4) is 0 Å². The van der Waals surface area contributed by atoms with Crippen LogP contribution in [-0.4, -0.2) is 33.4 Å². The van der Waals surface area contributed by atoms with Crippen molar-refractivity contribution >= 4 is 5.91 Å². The molecule has 2 heterocycles. The van der Waals surface area contributed by atoms with Crippen LogP contribution in [0.15, 0.2) is 46.1 Å². The van der Waals surface area contributed by atoms with Crippen molar-refractivity contribution in [1.29, 1.82) is 0 Å². The van der Waals surface area contributed by atoms with E-state index >= 15 is 0 Å². The molecule has 26 heavy (non-hydrogen) atoms. The first-order valence-corrected chi connectivity index (χ1v) is 9.14. The highest BCUT2D eigenvalue weighted by atomic mass is 16.2. The lowest BCUT2D eigenvalue weighted by Gasteiger charge is -2.32. The third-order valence-electron chi connectivity index (χ3n) is 5.13. The maximum absolute atomic E-state index is 12.4. The summed E-state index contributed by atoms with van der Waals surface area (Å²) in [5, 5.41) is 0. The minimum absolute atomic E-state index is 0.0242. The quantitative estimate of drug-likeness (QED) is 0.887. The molecular formula is C20H25N3O3. The molecule has 6 heteroatoms. The van der Waals surface area contributed by atoms with Gasteiger partial charge in [-0.05, 0) is 44.1 Å². The van der Waals surface area contributed by atoms with E-state index in [0.717, 1.165) is 38.8 Å². The Labute approximate surface area is 152 Å². The summed E-state index contributed by atoms with van der Waals surface area (Å²) < 4.78 is 1.24. The van der Waals surface area contributed by atoms with Crippen LogP contribution in [0.5, 0.6) is 0 Å². The molecule has 2 aromatic rings. The molecule has 0 bridgehead atoms. The molecule has 0 spiro atoms. The van der Waals surface area contributed by atoms with E-state index in [-0.39, 0.29) is 12.5 Å². The molecular weight excluding hydrogens is 330 g/mol. The lowest BCUT2D eigenvalue weighted by Crippen LogP contribution is -2.42. The molecule has 0 unspecified atom stereocenters. The normalized spacial score (nSPS) is 15.2. The molecule has 1 N–H and O–H groups in total. The highest BCUT2D eigenvalue weighted by Crippen LogP contribution is 2.22. The SMILES string of the molecule is Cc1ccc(CCC2CCN(C(=O)Cn3ccc(=O)[nH]c3=O)CC2)cc1. The van der Waals surface area contributed by atoms with Crippen molar-refractivity contribution in [3.63, 3.8) is 0 Å². The fourth-order valence-corrected chi connectivity index (χ4v) is 3.41. The van der Waals surface area contributed by atoms with Gasteiger partial charge in [0.1, 0.15) is 6.54 Å². The number of hydrogen-bond donors (Lipinski definition) is 1. The summed E-state index contributed by atoms with van der Waals surface area (Å²) in [5.41, 5.74) is 1.65. The zero-order chi connectivity index (χ0) is 18.5. The number of nitrogens with zero attached hydrogens (tertiary/aromatic N) is 2. The zero-order valence-electron chi connectivity index (χ0n) is 15.1. The first-order chi connectivity index (χ1) is 12.5. The number of likely N-dealkylation sites (tertiary alicyclic amines) is 1. The lowest BCUT2D eigenvalue weighted by atomic mass is 9.90. The van der Waals surface area contributed by atoms with Gasteiger partial charge < -0.3 is 4.90 Å². The molecule has 1 aromatic heterocycles. The van der Waals surface area contributed by atoms with Gasteiger partial charge in [-0.3, -0.25) is 19.1 Å². The maximum atomic E-state index is 12.4. The first kappa shape index (κ1) is 18.2. The predicted molar refractivity (Wildman–Crippen MR) is 100 cm³/mol. The molecule has 0 radical (unpaired) electrons. The second kappa shape index (κ2) is 8.17. The van der Waals surface area contributed by atoms with E-state index in [4.69, 9.17) is 0 Å². The van der Waals surface area contributed by atoms with Gasteiger partial charge in [-0.15, -0.1) is 0 Å². The number of H-pyrrole nitrogens is 1. The standard InChI is InChI=1S/C20H25N3O3/c1-15-2-4-16(5-3-15)6-7-17-8-11-22(12-9-17)19(25)14-23-13-10-18(24)21-20(23)26/h2-5,10,13,17H,6-9,11-12,14H2,1H3,(H,21,24,26). The Kier molecular flexibility index (Phi) is 5.71. The number of aromatic nitrogens is 2. The van der Waals surface area contributed by atoms with Crippen LogP contribution in [0, 0.1) is 12.8 Å². The fourth-order valence-electron chi connectivity index (χ4n) is 3.41. The van der Waals surface area contributed by atoms with Crippen molar-refractivity contribution in [1.82, 2.24) is 14.5 Å². The average Bonchev–Trinajstić information content (AvgIpc) is 2.64. The number of nitrogens with one attached hydrogen (secondary N) is 1. The van der Waals surface area contributed by atoms with Crippen LogP contribution >= 0.6 is 0 Å². The molecule has 1 amide bonds. The Morgan fingerprint density at radius 1 is 1.12 bits per heavy atom. The smallest absolute Gasteiger partial charge is 0.328 e. The molecule has 1 aromatic carbocycles. The van der Waals surface area contributed by atoms with Gasteiger partial charge in [0.2, 0.25) is 5.91 Å². The third kappa shape index (κ3) is 4.71. The van der Waals surface area contributed by atoms with Crippen molar-refractivity contribution in [3.8, 4) is 0 Å². The summed E-state index contributed by atoms with van der Waals surface area (Å²) in [5.74, 6) is 0.562. The van der Waals surface area contributed by atoms with Crippen LogP contribution in [0.25, 0.3) is 0 Å². The van der Waals surface area contributed by atoms with E-state index < -0.39 is 11.2 Å². The lowest BCUT2D eigenvalue weighted by molar-refractivity contribution is -0.133. The van der Waals surface area contributed by atoms with Gasteiger partial charge in [-0.1, -0.05) is 29.8 Å². The predicted octanol–water partition coefficient (Wildman–Crippen LogP) is 1.72. The number of piperidine rings is 1. The van der Waals surface area contributed by atoms with Crippen LogP contribution in [0.2, 0.25) is 0 Å². The average molecular weight is 355 g/mol. The molecule has 1 aliphatic heterocycles. The molecule has 1 saturated heterocycles. The minimum Gasteiger partial charge on any atom is -0.341 e. The molecule has 3 rings (SSSR count). The first-order valence-electron chi connectivity index (χ1n) is 9.14. The van der Waals surface area contributed by atoms with Gasteiger partial charge in [0.05, 0.1) is 0 Å². The molecule has 0 atom stereocenters. The van der Waals surface area contributed by atoms with Crippen LogP contribution in [-0.2, 0) is 17.8 Å². The Morgan fingerprint density at radius 3 is 2.46 bits per heavy atom. The number of rotatable bonds is 5. The summed E-state index contributed by atoms with van der Waals surface area (Å²) in [4.78, 5) is 39.2. The fraction of sp³-hybridized carbons (Fsp3) is 0.450. The number of hydrogen-bond acceptors (Lipinski definition) is 3. The van der Waals surface area contributed by atoms with Gasteiger partial charge in [0.15, 0.2) is 0 Å². The van der Waals surface area contributed by atoms with E-state index in [1.54, 1.807) is 0 Å². The zero-order valence-corrected chi connectivity index (χ0v) is 15.1. The van der Waals surface area contributed by atoms with Crippen LogP contribution in [0.4, 0.5) is 0 Å². The van der Waals surface area contributed by atoms with Gasteiger partial charge in [-0.25, -0.2) is 4.79 Å². The number of carbonyl (C=O) groups excluding carboxylic acids is 1. The summed E-state index contributed by atoms with van der Waals surface area (Å²) in [6.45, 7) is 3.53. The number of aryl methyl sites for hydroxylation is 2. The van der Waals surface area contributed by atoms with Crippen molar-refractivity contribution in [2.75, 3.05) is 13.1 Å². The highest BCUT2D eigenvalue weighted by Gasteiger charge is 2.23. The number of amides is 1. The van der Waals surface area contributed by atoms with Crippen molar-refractivity contribution in [3.05, 3.63) is 68.5 Å². The van der Waals surface area contributed by atoms with E-state index in [1.807, 2.05) is 4.90 Å². The Balaban J connectivity index is 1.46. The summed E-state index contributed by atoms with van der Waals surface area (Å²) in [7, 11) is 0. The van der Waals surface area contributed by atoms with E-state index in [9.17, 15) is 14.4 Å². The van der Waals surface area contributed by atoms with E-state index in [1.165, 1.54) is 28.0 Å². The Morgan fingerprint density at radius 2 is 1.81 bits per heavy atom. The Bertz CT molecular complexity index is 859. The van der Waals surface area contributed by atoms with Crippen molar-refractivity contribution in [2.45, 2.75) is 39.2 Å². The molecule has 138 valence electrons. The second-order valence-electron chi connectivity index (χ2n) is 7.09. The summed E-state index contributed by atoms with van der Waals surface area (Å²) in [6.07, 6.45) is 5.58. The third-order valence-corrected chi connectivity index (χ3v) is 5.13. The highest BCUT2D eigenvalue weighted by molar-refractivity contribution is 5.76. The number of aromatic amines is 1. The Hall–Kier alpha value is -2.63. The van der Waals surface area contributed by atoms with Crippen molar-refractivity contribution in [2.24, 2.45) is 5.92 Å². The topological polar surface area (TPSA) is 75.2 Å². The molecule has 0 aliphatic carbocycles. The summed E-state index contributed by atoms with van der Waals surface area (Å²) >= 11 is 0. The van der Waals surface area contributed by atoms with E-state index in [0.29, 0.717) is 5.92 Å². The molecule has 6 nitrogen and oxygen atoms in total. The van der Waals surface area contributed by atoms with Gasteiger partial charge >= 0.3 is 5.69 Å². The van der Waals surface area contributed by atoms with Gasteiger partial charge in [0.25, 0.3) is 5.56 Å². The second-order valence-corrected chi connectivity index (χ2v) is 7.09. The van der Waals surface area contributed by atoms with Gasteiger partial charge in [-0.2, -0.15) is 0 Å².